The number of nitrogens with zero attached hydrogens (tertiary/aromatic N) is 1. The van der Waals surface area contributed by atoms with Crippen molar-refractivity contribution in [1.29, 1.82) is 0 Å². The van der Waals surface area contributed by atoms with Gasteiger partial charge in [0, 0.05) is 25.8 Å². The number of hydrogen-bond acceptors (Lipinski definition) is 4. The molecule has 0 bridgehead atoms. The number of halogens is 2. The predicted octanol–water partition coefficient (Wildman–Crippen LogP) is 2.98. The Hall–Kier alpha value is -1.24. The lowest BCUT2D eigenvalue weighted by Gasteiger charge is -2.00. The zero-order valence-electron chi connectivity index (χ0n) is 10.5. The summed E-state index contributed by atoms with van der Waals surface area (Å²) in [7, 11) is 1.65. The molecule has 2 rings (SSSR count). The zero-order chi connectivity index (χ0) is 13.7. The van der Waals surface area contributed by atoms with Crippen molar-refractivity contribution in [3.05, 3.63) is 40.4 Å². The summed E-state index contributed by atoms with van der Waals surface area (Å²) in [6.45, 7) is 1.97. The highest BCUT2D eigenvalue weighted by Gasteiger charge is 2.09. The van der Waals surface area contributed by atoms with E-state index >= 15 is 0 Å². The predicted molar refractivity (Wildman–Crippen MR) is 73.2 cm³/mol. The topological polar surface area (TPSA) is 47.3 Å². The highest BCUT2D eigenvalue weighted by molar-refractivity contribution is 9.10. The average Bonchev–Trinajstić information content (AvgIpc) is 2.87. The van der Waals surface area contributed by atoms with Gasteiger partial charge >= 0.3 is 0 Å². The van der Waals surface area contributed by atoms with Gasteiger partial charge in [0.1, 0.15) is 12.1 Å². The third-order valence-electron chi connectivity index (χ3n) is 2.51. The fraction of sp³-hybridized carbons (Fsp3) is 0.308. The Morgan fingerprint density at radius 1 is 1.47 bits per heavy atom. The molecular formula is C13H14BrFN2O2. The van der Waals surface area contributed by atoms with Crippen LogP contribution >= 0.6 is 15.9 Å². The van der Waals surface area contributed by atoms with Gasteiger partial charge in [0.2, 0.25) is 5.89 Å². The van der Waals surface area contributed by atoms with Crippen LogP contribution in [0.15, 0.2) is 33.4 Å². The molecule has 0 radical (unpaired) electrons. The molecule has 19 heavy (non-hydrogen) atoms. The van der Waals surface area contributed by atoms with Gasteiger partial charge in [0.05, 0.1) is 16.8 Å². The second-order valence-electron chi connectivity index (χ2n) is 3.94. The van der Waals surface area contributed by atoms with E-state index in [2.05, 4.69) is 26.2 Å². The molecular weight excluding hydrogens is 315 g/mol. The Kier molecular flexibility index (Phi) is 5.07. The van der Waals surface area contributed by atoms with Crippen LogP contribution in [0.25, 0.3) is 11.5 Å². The molecule has 0 aliphatic carbocycles. The molecule has 0 amide bonds. The molecule has 0 unspecified atom stereocenters. The van der Waals surface area contributed by atoms with Crippen LogP contribution in [0.1, 0.15) is 5.69 Å². The van der Waals surface area contributed by atoms with Crippen LogP contribution in [0.3, 0.4) is 0 Å². The fourth-order valence-corrected chi connectivity index (χ4v) is 1.79. The number of methoxy groups -OCH3 is 1. The lowest BCUT2D eigenvalue weighted by molar-refractivity contribution is 0.199. The molecule has 0 aliphatic rings. The molecule has 0 fully saturated rings. The van der Waals surface area contributed by atoms with Crippen molar-refractivity contribution in [2.24, 2.45) is 0 Å². The van der Waals surface area contributed by atoms with E-state index in [4.69, 9.17) is 9.15 Å². The minimum atomic E-state index is -0.338. The van der Waals surface area contributed by atoms with Crippen molar-refractivity contribution in [3.8, 4) is 11.5 Å². The normalized spacial score (nSPS) is 10.9. The van der Waals surface area contributed by atoms with Gasteiger partial charge in [-0.1, -0.05) is 0 Å². The van der Waals surface area contributed by atoms with E-state index in [1.807, 2.05) is 0 Å². The van der Waals surface area contributed by atoms with Gasteiger partial charge in [0.15, 0.2) is 0 Å². The van der Waals surface area contributed by atoms with Crippen LogP contribution in [0.4, 0.5) is 4.39 Å². The largest absolute Gasteiger partial charge is 0.444 e. The number of aromatic nitrogens is 1. The molecule has 6 heteroatoms. The first-order valence-electron chi connectivity index (χ1n) is 5.80. The summed E-state index contributed by atoms with van der Waals surface area (Å²) in [5, 5.41) is 3.16. The summed E-state index contributed by atoms with van der Waals surface area (Å²) in [5.41, 5.74) is 1.39. The molecule has 1 aromatic heterocycles. The summed E-state index contributed by atoms with van der Waals surface area (Å²) < 4.78 is 24.1. The Morgan fingerprint density at radius 2 is 2.32 bits per heavy atom. The SMILES string of the molecule is COCCNCc1coc(-c2ccc(Br)c(F)c2)n1. The summed E-state index contributed by atoms with van der Waals surface area (Å²) in [6, 6.07) is 4.77. The van der Waals surface area contributed by atoms with Gasteiger partial charge in [-0.2, -0.15) is 0 Å². The van der Waals surface area contributed by atoms with Crippen LogP contribution in [0.5, 0.6) is 0 Å². The van der Waals surface area contributed by atoms with E-state index in [0.717, 1.165) is 12.2 Å². The van der Waals surface area contributed by atoms with Gasteiger partial charge in [0.25, 0.3) is 0 Å². The highest BCUT2D eigenvalue weighted by atomic mass is 79.9. The Labute approximate surface area is 119 Å². The Balaban J connectivity index is 2.01. The molecule has 4 nitrogen and oxygen atoms in total. The van der Waals surface area contributed by atoms with Crippen molar-refractivity contribution in [2.45, 2.75) is 6.54 Å². The molecule has 102 valence electrons. The van der Waals surface area contributed by atoms with Gasteiger partial charge in [-0.3, -0.25) is 0 Å². The van der Waals surface area contributed by atoms with E-state index in [1.54, 1.807) is 25.5 Å². The second-order valence-corrected chi connectivity index (χ2v) is 4.80. The monoisotopic (exact) mass is 328 g/mol. The molecule has 0 saturated carbocycles. The third kappa shape index (κ3) is 3.86. The first-order valence-corrected chi connectivity index (χ1v) is 6.59. The fourth-order valence-electron chi connectivity index (χ4n) is 1.54. The van der Waals surface area contributed by atoms with E-state index in [-0.39, 0.29) is 5.82 Å². The van der Waals surface area contributed by atoms with Crippen molar-refractivity contribution >= 4 is 15.9 Å². The minimum Gasteiger partial charge on any atom is -0.444 e. The smallest absolute Gasteiger partial charge is 0.226 e. The van der Waals surface area contributed by atoms with Gasteiger partial charge in [-0.05, 0) is 34.1 Å². The van der Waals surface area contributed by atoms with Crippen molar-refractivity contribution in [3.63, 3.8) is 0 Å². The Bertz CT molecular complexity index is 545. The first kappa shape index (κ1) is 14.2. The Morgan fingerprint density at radius 3 is 3.05 bits per heavy atom. The van der Waals surface area contributed by atoms with E-state index in [1.165, 1.54) is 6.07 Å². The molecule has 0 aliphatic heterocycles. The second kappa shape index (κ2) is 6.79. The minimum absolute atomic E-state index is 0.338. The van der Waals surface area contributed by atoms with Crippen LogP contribution in [0.2, 0.25) is 0 Å². The number of oxazole rings is 1. The van der Waals surface area contributed by atoms with Crippen LogP contribution < -0.4 is 5.32 Å². The number of hydrogen-bond donors (Lipinski definition) is 1. The summed E-state index contributed by atoms with van der Waals surface area (Å²) >= 11 is 3.11. The lowest BCUT2D eigenvalue weighted by Crippen LogP contribution is -2.18. The third-order valence-corrected chi connectivity index (χ3v) is 3.15. The van der Waals surface area contributed by atoms with Gasteiger partial charge in [-0.15, -0.1) is 0 Å². The standard InChI is InChI=1S/C13H14BrFN2O2/c1-18-5-4-16-7-10-8-19-13(17-10)9-2-3-11(14)12(15)6-9/h2-3,6,8,16H,4-5,7H2,1H3. The van der Waals surface area contributed by atoms with Crippen LogP contribution in [-0.4, -0.2) is 25.2 Å². The quantitative estimate of drug-likeness (QED) is 0.828. The maximum Gasteiger partial charge on any atom is 0.226 e. The van der Waals surface area contributed by atoms with Gasteiger partial charge < -0.3 is 14.5 Å². The van der Waals surface area contributed by atoms with Crippen molar-refractivity contribution in [2.75, 3.05) is 20.3 Å². The summed E-state index contributed by atoms with van der Waals surface area (Å²) in [6.07, 6.45) is 1.56. The summed E-state index contributed by atoms with van der Waals surface area (Å²) in [5.74, 6) is 0.0745. The number of rotatable bonds is 6. The molecule has 1 heterocycles. The number of benzene rings is 1. The molecule has 2 aromatic rings. The van der Waals surface area contributed by atoms with Crippen LogP contribution in [-0.2, 0) is 11.3 Å². The molecule has 1 aromatic carbocycles. The van der Waals surface area contributed by atoms with E-state index in [0.29, 0.717) is 29.1 Å². The molecule has 0 spiro atoms. The molecule has 0 atom stereocenters. The van der Waals surface area contributed by atoms with Crippen LogP contribution in [0, 0.1) is 5.82 Å². The first-order chi connectivity index (χ1) is 9.20. The molecule has 0 saturated heterocycles. The zero-order valence-corrected chi connectivity index (χ0v) is 12.0. The van der Waals surface area contributed by atoms with Crippen molar-refractivity contribution < 1.29 is 13.5 Å². The average molecular weight is 329 g/mol. The summed E-state index contributed by atoms with van der Waals surface area (Å²) in [4.78, 5) is 4.30. The lowest BCUT2D eigenvalue weighted by atomic mass is 10.2. The van der Waals surface area contributed by atoms with Crippen molar-refractivity contribution in [1.82, 2.24) is 10.3 Å². The molecule has 1 N–H and O–H groups in total. The van der Waals surface area contributed by atoms with E-state index in [9.17, 15) is 4.39 Å². The number of nitrogens with one attached hydrogen (secondary N) is 1. The van der Waals surface area contributed by atoms with E-state index < -0.39 is 0 Å². The highest BCUT2D eigenvalue weighted by Crippen LogP contribution is 2.23. The maximum atomic E-state index is 13.4. The number of ether oxygens (including phenoxy) is 1. The van der Waals surface area contributed by atoms with Gasteiger partial charge in [-0.25, -0.2) is 9.37 Å². The maximum absolute atomic E-state index is 13.4.